The van der Waals surface area contributed by atoms with E-state index in [1.807, 2.05) is 29.2 Å². The van der Waals surface area contributed by atoms with Crippen LogP contribution in [0.1, 0.15) is 45.7 Å². The van der Waals surface area contributed by atoms with Crippen LogP contribution < -0.4 is 5.32 Å². The molecule has 0 saturated carbocycles. The molecular formula is C21H24N4O4. The van der Waals surface area contributed by atoms with E-state index in [9.17, 15) is 14.4 Å². The summed E-state index contributed by atoms with van der Waals surface area (Å²) in [5.74, 6) is -0.00249. The van der Waals surface area contributed by atoms with E-state index in [2.05, 4.69) is 15.0 Å². The monoisotopic (exact) mass is 396 g/mol. The smallest absolute Gasteiger partial charge is 0.273 e. The van der Waals surface area contributed by atoms with Crippen LogP contribution in [-0.2, 0) is 11.3 Å². The molecule has 2 aliphatic heterocycles. The molecule has 0 radical (unpaired) electrons. The Balaban J connectivity index is 1.24. The van der Waals surface area contributed by atoms with Crippen molar-refractivity contribution in [3.8, 4) is 0 Å². The number of carbonyl (C=O) groups excluding carboxylic acids is 3. The number of aromatic nitrogens is 1. The van der Waals surface area contributed by atoms with Crippen LogP contribution in [0.2, 0.25) is 0 Å². The number of piperidine rings is 1. The third kappa shape index (κ3) is 4.31. The van der Waals surface area contributed by atoms with E-state index in [1.165, 1.54) is 12.3 Å². The quantitative estimate of drug-likeness (QED) is 0.802. The van der Waals surface area contributed by atoms with Crippen LogP contribution in [0.3, 0.4) is 0 Å². The first-order valence-corrected chi connectivity index (χ1v) is 9.95. The van der Waals surface area contributed by atoms with Gasteiger partial charge in [-0.25, -0.2) is 0 Å². The molecule has 8 heteroatoms. The van der Waals surface area contributed by atoms with Crippen molar-refractivity contribution in [2.75, 3.05) is 26.2 Å². The normalized spacial score (nSPS) is 18.6. The van der Waals surface area contributed by atoms with Gasteiger partial charge in [0.15, 0.2) is 5.69 Å². The van der Waals surface area contributed by atoms with Crippen LogP contribution in [0.15, 0.2) is 41.1 Å². The van der Waals surface area contributed by atoms with Crippen molar-refractivity contribution in [1.29, 1.82) is 0 Å². The SMILES string of the molecule is O=C(NCC1CCCN(C(=O)CCN2Cc3ccccc3C2=O)C1)c1ccon1. The molecule has 1 aromatic heterocycles. The standard InChI is InChI=1S/C21H24N4O4/c26-19(7-10-25-14-16-5-1-2-6-17(16)21(25)28)24-9-3-4-15(13-24)12-22-20(27)18-8-11-29-23-18/h1-2,5-6,8,11,15H,3-4,7,9-10,12-14H2,(H,22,27). The van der Waals surface area contributed by atoms with Gasteiger partial charge in [0, 0.05) is 50.8 Å². The number of fused-ring (bicyclic) bond motifs is 1. The van der Waals surface area contributed by atoms with Crippen molar-refractivity contribution in [3.63, 3.8) is 0 Å². The Morgan fingerprint density at radius 1 is 1.24 bits per heavy atom. The van der Waals surface area contributed by atoms with Crippen molar-refractivity contribution >= 4 is 17.7 Å². The fourth-order valence-corrected chi connectivity index (χ4v) is 4.00. The Labute approximate surface area is 168 Å². The topological polar surface area (TPSA) is 95.8 Å². The van der Waals surface area contributed by atoms with Crippen LogP contribution in [0.4, 0.5) is 0 Å². The van der Waals surface area contributed by atoms with E-state index < -0.39 is 0 Å². The zero-order valence-corrected chi connectivity index (χ0v) is 16.2. The highest BCUT2D eigenvalue weighted by molar-refractivity contribution is 5.98. The van der Waals surface area contributed by atoms with Gasteiger partial charge in [-0.05, 0) is 30.4 Å². The molecule has 8 nitrogen and oxygen atoms in total. The third-order valence-electron chi connectivity index (χ3n) is 5.59. The van der Waals surface area contributed by atoms with E-state index in [-0.39, 0.29) is 29.3 Å². The molecule has 2 aromatic rings. The number of nitrogens with zero attached hydrogens (tertiary/aromatic N) is 3. The lowest BCUT2D eigenvalue weighted by molar-refractivity contribution is -0.133. The van der Waals surface area contributed by atoms with Gasteiger partial charge in [0.05, 0.1) is 0 Å². The Kier molecular flexibility index (Phi) is 5.59. The fourth-order valence-electron chi connectivity index (χ4n) is 4.00. The molecule has 1 fully saturated rings. The van der Waals surface area contributed by atoms with Gasteiger partial charge in [0.2, 0.25) is 5.91 Å². The third-order valence-corrected chi connectivity index (χ3v) is 5.59. The van der Waals surface area contributed by atoms with E-state index in [1.54, 1.807) is 4.90 Å². The van der Waals surface area contributed by atoms with E-state index in [4.69, 9.17) is 0 Å². The van der Waals surface area contributed by atoms with Gasteiger partial charge >= 0.3 is 0 Å². The van der Waals surface area contributed by atoms with Crippen molar-refractivity contribution in [2.45, 2.75) is 25.8 Å². The summed E-state index contributed by atoms with van der Waals surface area (Å²) in [4.78, 5) is 40.7. The van der Waals surface area contributed by atoms with Crippen LogP contribution in [-0.4, -0.2) is 58.9 Å². The zero-order valence-electron chi connectivity index (χ0n) is 16.2. The Morgan fingerprint density at radius 3 is 2.90 bits per heavy atom. The number of nitrogens with one attached hydrogen (secondary N) is 1. The number of benzene rings is 1. The van der Waals surface area contributed by atoms with Crippen molar-refractivity contribution < 1.29 is 18.9 Å². The minimum Gasteiger partial charge on any atom is -0.364 e. The summed E-state index contributed by atoms with van der Waals surface area (Å²) >= 11 is 0. The Morgan fingerprint density at radius 2 is 2.10 bits per heavy atom. The van der Waals surface area contributed by atoms with Gasteiger partial charge in [-0.3, -0.25) is 14.4 Å². The highest BCUT2D eigenvalue weighted by Gasteiger charge is 2.29. The van der Waals surface area contributed by atoms with Gasteiger partial charge in [0.25, 0.3) is 11.8 Å². The van der Waals surface area contributed by atoms with Crippen molar-refractivity contribution in [2.24, 2.45) is 5.92 Å². The van der Waals surface area contributed by atoms with Crippen molar-refractivity contribution in [3.05, 3.63) is 53.4 Å². The van der Waals surface area contributed by atoms with Gasteiger partial charge in [-0.1, -0.05) is 23.4 Å². The number of likely N-dealkylation sites (tertiary alicyclic amines) is 1. The molecule has 29 heavy (non-hydrogen) atoms. The average Bonchev–Trinajstić information content (AvgIpc) is 3.39. The average molecular weight is 396 g/mol. The molecule has 0 bridgehead atoms. The summed E-state index contributed by atoms with van der Waals surface area (Å²) in [5.41, 5.74) is 2.01. The molecule has 1 N–H and O–H groups in total. The predicted octanol–water partition coefficient (Wildman–Crippen LogP) is 1.69. The van der Waals surface area contributed by atoms with Gasteiger partial charge in [0.1, 0.15) is 6.26 Å². The second-order valence-electron chi connectivity index (χ2n) is 7.58. The largest absolute Gasteiger partial charge is 0.364 e. The maximum atomic E-state index is 12.7. The first kappa shape index (κ1) is 19.2. The molecule has 152 valence electrons. The minimum absolute atomic E-state index is 0.000453. The lowest BCUT2D eigenvalue weighted by atomic mass is 9.97. The molecule has 0 aliphatic carbocycles. The van der Waals surface area contributed by atoms with Crippen LogP contribution in [0, 0.1) is 5.92 Å². The van der Waals surface area contributed by atoms with Crippen LogP contribution >= 0.6 is 0 Å². The maximum Gasteiger partial charge on any atom is 0.273 e. The van der Waals surface area contributed by atoms with E-state index in [0.717, 1.165) is 30.5 Å². The van der Waals surface area contributed by atoms with Gasteiger partial charge in [-0.15, -0.1) is 0 Å². The lowest BCUT2D eigenvalue weighted by Crippen LogP contribution is -2.44. The molecule has 4 rings (SSSR count). The molecule has 0 spiro atoms. The predicted molar refractivity (Wildman–Crippen MR) is 104 cm³/mol. The molecule has 1 saturated heterocycles. The summed E-state index contributed by atoms with van der Waals surface area (Å²) in [6.07, 6.45) is 3.55. The lowest BCUT2D eigenvalue weighted by Gasteiger charge is -2.33. The maximum absolute atomic E-state index is 12.7. The number of rotatable bonds is 6. The number of hydrogen-bond acceptors (Lipinski definition) is 5. The number of amides is 3. The first-order chi connectivity index (χ1) is 14.1. The Hall–Kier alpha value is -3.16. The van der Waals surface area contributed by atoms with Gasteiger partial charge in [-0.2, -0.15) is 0 Å². The molecular weight excluding hydrogens is 372 g/mol. The molecule has 3 amide bonds. The number of hydrogen-bond donors (Lipinski definition) is 1. The highest BCUT2D eigenvalue weighted by Crippen LogP contribution is 2.23. The van der Waals surface area contributed by atoms with E-state index in [0.29, 0.717) is 32.6 Å². The first-order valence-electron chi connectivity index (χ1n) is 9.95. The summed E-state index contributed by atoms with van der Waals surface area (Å²) in [5, 5.41) is 6.48. The minimum atomic E-state index is -0.269. The summed E-state index contributed by atoms with van der Waals surface area (Å²) < 4.78 is 4.68. The van der Waals surface area contributed by atoms with Crippen LogP contribution in [0.5, 0.6) is 0 Å². The molecule has 3 heterocycles. The van der Waals surface area contributed by atoms with E-state index >= 15 is 0 Å². The molecule has 1 atom stereocenters. The molecule has 2 aliphatic rings. The second-order valence-corrected chi connectivity index (χ2v) is 7.58. The molecule has 1 unspecified atom stereocenters. The molecule has 1 aromatic carbocycles. The van der Waals surface area contributed by atoms with Crippen LogP contribution in [0.25, 0.3) is 0 Å². The summed E-state index contributed by atoms with van der Waals surface area (Å²) in [6.45, 7) is 2.83. The van der Waals surface area contributed by atoms with Crippen molar-refractivity contribution in [1.82, 2.24) is 20.3 Å². The Bertz CT molecular complexity index is 896. The fraction of sp³-hybridized carbons (Fsp3) is 0.429. The number of carbonyl (C=O) groups is 3. The van der Waals surface area contributed by atoms with Gasteiger partial charge < -0.3 is 19.6 Å². The summed E-state index contributed by atoms with van der Waals surface area (Å²) in [6, 6.07) is 9.10. The summed E-state index contributed by atoms with van der Waals surface area (Å²) in [7, 11) is 0. The highest BCUT2D eigenvalue weighted by atomic mass is 16.5. The second kappa shape index (κ2) is 8.46. The zero-order chi connectivity index (χ0) is 20.2.